The highest BCUT2D eigenvalue weighted by Crippen LogP contribution is 2.33. The highest BCUT2D eigenvalue weighted by Gasteiger charge is 2.39. The van der Waals surface area contributed by atoms with Crippen molar-refractivity contribution in [1.82, 2.24) is 5.32 Å². The Kier molecular flexibility index (Phi) is 2.75. The van der Waals surface area contributed by atoms with Crippen LogP contribution < -0.4 is 5.32 Å². The lowest BCUT2D eigenvalue weighted by Gasteiger charge is -2.17. The van der Waals surface area contributed by atoms with E-state index in [1.807, 2.05) is 6.92 Å². The van der Waals surface area contributed by atoms with Gasteiger partial charge in [-0.25, -0.2) is 12.8 Å². The smallest absolute Gasteiger partial charge is 0.183 e. The Labute approximate surface area is 94.6 Å². The van der Waals surface area contributed by atoms with Crippen LogP contribution in [0.2, 0.25) is 0 Å². The molecule has 0 aromatic heterocycles. The molecule has 0 fully saturated rings. The molecule has 1 aliphatic heterocycles. The summed E-state index contributed by atoms with van der Waals surface area (Å²) in [5.41, 5.74) is 0.590. The van der Waals surface area contributed by atoms with Gasteiger partial charge in [-0.15, -0.1) is 0 Å². The molecule has 1 heterocycles. The van der Waals surface area contributed by atoms with Crippen molar-refractivity contribution >= 4 is 9.84 Å². The van der Waals surface area contributed by atoms with Crippen LogP contribution in [0.15, 0.2) is 23.1 Å². The number of halogens is 1. The minimum atomic E-state index is -3.30. The van der Waals surface area contributed by atoms with Crippen LogP contribution in [0.25, 0.3) is 0 Å². The zero-order valence-corrected chi connectivity index (χ0v) is 10.0. The zero-order valence-electron chi connectivity index (χ0n) is 9.20. The third-order valence-electron chi connectivity index (χ3n) is 3.16. The molecule has 0 saturated carbocycles. The summed E-state index contributed by atoms with van der Waals surface area (Å²) in [4.78, 5) is 0.279. The lowest BCUT2D eigenvalue weighted by molar-refractivity contribution is 0.534. The van der Waals surface area contributed by atoms with E-state index in [1.54, 1.807) is 7.05 Å². The summed E-state index contributed by atoms with van der Waals surface area (Å²) in [7, 11) is -1.58. The Morgan fingerprint density at radius 3 is 2.81 bits per heavy atom. The summed E-state index contributed by atoms with van der Waals surface area (Å²) in [6, 6.07) is 3.74. The molecule has 0 amide bonds. The summed E-state index contributed by atoms with van der Waals surface area (Å²) in [6.07, 6.45) is 0.386. The summed E-state index contributed by atoms with van der Waals surface area (Å²) in [5.74, 6) is -0.383. The van der Waals surface area contributed by atoms with Gasteiger partial charge in [0.15, 0.2) is 9.84 Å². The van der Waals surface area contributed by atoms with Gasteiger partial charge in [-0.2, -0.15) is 0 Å². The largest absolute Gasteiger partial charge is 0.316 e. The summed E-state index contributed by atoms with van der Waals surface area (Å²) < 4.78 is 37.3. The van der Waals surface area contributed by atoms with Gasteiger partial charge in [-0.3, -0.25) is 0 Å². The van der Waals surface area contributed by atoms with E-state index in [-0.39, 0.29) is 16.8 Å². The van der Waals surface area contributed by atoms with Gasteiger partial charge in [0.1, 0.15) is 5.82 Å². The van der Waals surface area contributed by atoms with Gasteiger partial charge in [0.05, 0.1) is 10.1 Å². The third-order valence-corrected chi connectivity index (χ3v) is 5.55. The third kappa shape index (κ3) is 1.64. The van der Waals surface area contributed by atoms with E-state index in [2.05, 4.69) is 5.32 Å². The molecular formula is C11H14FNO2S. The molecule has 5 heteroatoms. The van der Waals surface area contributed by atoms with Crippen LogP contribution >= 0.6 is 0 Å². The first kappa shape index (κ1) is 11.5. The van der Waals surface area contributed by atoms with Crippen LogP contribution in [0.3, 0.4) is 0 Å². The average Bonchev–Trinajstić information content (AvgIpc) is 2.49. The number of fused-ring (bicyclic) bond motifs is 1. The summed E-state index contributed by atoms with van der Waals surface area (Å²) in [5, 5.41) is 2.45. The van der Waals surface area contributed by atoms with E-state index in [0.29, 0.717) is 12.0 Å². The fourth-order valence-electron chi connectivity index (χ4n) is 2.11. The van der Waals surface area contributed by atoms with E-state index in [9.17, 15) is 12.8 Å². The van der Waals surface area contributed by atoms with Crippen LogP contribution in [0, 0.1) is 5.82 Å². The quantitative estimate of drug-likeness (QED) is 0.792. The molecule has 0 saturated heterocycles. The van der Waals surface area contributed by atoms with Crippen molar-refractivity contribution in [1.29, 1.82) is 0 Å². The Hall–Kier alpha value is -0.940. The van der Waals surface area contributed by atoms with Crippen LogP contribution in [-0.2, 0) is 16.3 Å². The van der Waals surface area contributed by atoms with Crippen molar-refractivity contribution in [3.63, 3.8) is 0 Å². The number of sulfone groups is 1. The lowest BCUT2D eigenvalue weighted by atomic mass is 10.1. The zero-order chi connectivity index (χ0) is 11.9. The molecule has 0 bridgehead atoms. The molecule has 1 N–H and O–H groups in total. The molecule has 16 heavy (non-hydrogen) atoms. The molecule has 0 aliphatic carbocycles. The van der Waals surface area contributed by atoms with Crippen LogP contribution in [0.4, 0.5) is 4.39 Å². The molecule has 0 spiro atoms. The van der Waals surface area contributed by atoms with Crippen molar-refractivity contribution < 1.29 is 12.8 Å². The van der Waals surface area contributed by atoms with E-state index >= 15 is 0 Å². The fourth-order valence-corrected chi connectivity index (χ4v) is 4.27. The van der Waals surface area contributed by atoms with Gasteiger partial charge in [-0.1, -0.05) is 0 Å². The standard InChI is InChI=1S/C11H14FNO2S/c1-7(13-2)11-6-8-5-9(12)3-4-10(8)16(11,14)15/h3-5,7,11,13H,6H2,1-2H3. The highest BCUT2D eigenvalue weighted by atomic mass is 32.2. The lowest BCUT2D eigenvalue weighted by Crippen LogP contribution is -2.38. The molecule has 1 aromatic carbocycles. The highest BCUT2D eigenvalue weighted by molar-refractivity contribution is 7.92. The molecule has 2 unspecified atom stereocenters. The SMILES string of the molecule is CNC(C)C1Cc2cc(F)ccc2S1(=O)=O. The normalized spacial score (nSPS) is 24.1. The minimum Gasteiger partial charge on any atom is -0.316 e. The van der Waals surface area contributed by atoms with Gasteiger partial charge in [0.25, 0.3) is 0 Å². The molecule has 1 aliphatic rings. The summed E-state index contributed by atoms with van der Waals surface area (Å²) in [6.45, 7) is 1.82. The molecule has 2 atom stereocenters. The number of benzene rings is 1. The predicted molar refractivity (Wildman–Crippen MR) is 59.6 cm³/mol. The Bertz CT molecular complexity index is 513. The molecule has 2 rings (SSSR count). The second kappa shape index (κ2) is 3.82. The van der Waals surface area contributed by atoms with Crippen LogP contribution in [0.5, 0.6) is 0 Å². The molecule has 88 valence electrons. The Balaban J connectivity index is 2.50. The molecular weight excluding hydrogens is 229 g/mol. The van der Waals surface area contributed by atoms with Gasteiger partial charge >= 0.3 is 0 Å². The van der Waals surface area contributed by atoms with Crippen molar-refractivity contribution in [2.24, 2.45) is 0 Å². The first-order valence-corrected chi connectivity index (χ1v) is 6.71. The van der Waals surface area contributed by atoms with Crippen LogP contribution in [-0.4, -0.2) is 26.8 Å². The Morgan fingerprint density at radius 1 is 1.50 bits per heavy atom. The molecule has 3 nitrogen and oxygen atoms in total. The van der Waals surface area contributed by atoms with Crippen LogP contribution in [0.1, 0.15) is 12.5 Å². The number of nitrogens with one attached hydrogen (secondary N) is 1. The van der Waals surface area contributed by atoms with Gasteiger partial charge < -0.3 is 5.32 Å². The van der Waals surface area contributed by atoms with E-state index in [4.69, 9.17) is 0 Å². The fraction of sp³-hybridized carbons (Fsp3) is 0.455. The second-order valence-corrected chi connectivity index (χ2v) is 6.25. The van der Waals surface area contributed by atoms with E-state index in [0.717, 1.165) is 0 Å². The first-order valence-electron chi connectivity index (χ1n) is 5.16. The summed E-state index contributed by atoms with van der Waals surface area (Å²) >= 11 is 0. The maximum atomic E-state index is 13.0. The van der Waals surface area contributed by atoms with Crippen molar-refractivity contribution in [2.75, 3.05) is 7.05 Å². The monoisotopic (exact) mass is 243 g/mol. The Morgan fingerprint density at radius 2 is 2.19 bits per heavy atom. The van der Waals surface area contributed by atoms with Gasteiger partial charge in [0, 0.05) is 6.04 Å². The van der Waals surface area contributed by atoms with Crippen molar-refractivity contribution in [3.05, 3.63) is 29.6 Å². The number of hydrogen-bond acceptors (Lipinski definition) is 3. The molecule has 1 aromatic rings. The number of hydrogen-bond donors (Lipinski definition) is 1. The maximum absolute atomic E-state index is 13.0. The second-order valence-electron chi connectivity index (χ2n) is 4.12. The average molecular weight is 243 g/mol. The van der Waals surface area contributed by atoms with Crippen molar-refractivity contribution in [3.8, 4) is 0 Å². The van der Waals surface area contributed by atoms with E-state index in [1.165, 1.54) is 18.2 Å². The maximum Gasteiger partial charge on any atom is 0.183 e. The van der Waals surface area contributed by atoms with Crippen molar-refractivity contribution in [2.45, 2.75) is 29.5 Å². The number of rotatable bonds is 2. The van der Waals surface area contributed by atoms with Gasteiger partial charge in [0.2, 0.25) is 0 Å². The minimum absolute atomic E-state index is 0.138. The predicted octanol–water partition coefficient (Wildman–Crippen LogP) is 1.13. The first-order chi connectivity index (χ1) is 7.46. The topological polar surface area (TPSA) is 46.2 Å². The van der Waals surface area contributed by atoms with Gasteiger partial charge in [-0.05, 0) is 44.2 Å². The molecule has 0 radical (unpaired) electrons. The van der Waals surface area contributed by atoms with E-state index < -0.39 is 15.1 Å².